The number of carbonyl (C=O) groups excluding carboxylic acids is 3. The van der Waals surface area contributed by atoms with E-state index in [9.17, 15) is 19.2 Å². The van der Waals surface area contributed by atoms with Gasteiger partial charge in [0, 0.05) is 39.1 Å². The second-order valence-corrected chi connectivity index (χ2v) is 10.2. The molecule has 10 nitrogen and oxygen atoms in total. The Kier molecular flexibility index (Phi) is 10.9. The molecular weight excluding hydrogens is 452 g/mol. The highest BCUT2D eigenvalue weighted by atomic mass is 16.5. The molecule has 1 aliphatic carbocycles. The number of imide groups is 1. The summed E-state index contributed by atoms with van der Waals surface area (Å²) in [5.74, 6) is -1.77. The summed E-state index contributed by atoms with van der Waals surface area (Å²) in [4.78, 5) is 52.5. The highest BCUT2D eigenvalue weighted by Gasteiger charge is 2.37. The maximum Gasteiger partial charge on any atom is 0.304 e. The second-order valence-electron chi connectivity index (χ2n) is 10.2. The maximum atomic E-state index is 13.5. The van der Waals surface area contributed by atoms with Crippen molar-refractivity contribution in [3.05, 3.63) is 0 Å². The molecular formula is C25H42N4O6. The molecule has 0 unspecified atom stereocenters. The molecule has 1 saturated carbocycles. The number of nitrogens with one attached hydrogen (secondary N) is 2. The van der Waals surface area contributed by atoms with Crippen LogP contribution in [0.3, 0.4) is 0 Å². The molecule has 0 aromatic rings. The van der Waals surface area contributed by atoms with Gasteiger partial charge in [-0.2, -0.15) is 0 Å². The van der Waals surface area contributed by atoms with Gasteiger partial charge in [-0.15, -0.1) is 0 Å². The Morgan fingerprint density at radius 3 is 2.31 bits per heavy atom. The van der Waals surface area contributed by atoms with Crippen molar-refractivity contribution in [1.29, 1.82) is 0 Å². The number of carbonyl (C=O) groups is 4. The van der Waals surface area contributed by atoms with Gasteiger partial charge in [-0.1, -0.05) is 0 Å². The van der Waals surface area contributed by atoms with Crippen LogP contribution in [0, 0.1) is 17.8 Å². The Bertz CT molecular complexity index is 733. The van der Waals surface area contributed by atoms with Gasteiger partial charge in [-0.25, -0.2) is 10.4 Å². The number of aliphatic carboxylic acids is 1. The van der Waals surface area contributed by atoms with Gasteiger partial charge in [0.1, 0.15) is 0 Å². The van der Waals surface area contributed by atoms with Crippen molar-refractivity contribution in [3.8, 4) is 0 Å². The Hall–Kier alpha value is -2.04. The topological polar surface area (TPSA) is 128 Å². The minimum absolute atomic E-state index is 0.00810. The van der Waals surface area contributed by atoms with E-state index < -0.39 is 11.9 Å². The molecule has 3 rings (SSSR count). The van der Waals surface area contributed by atoms with Crippen LogP contribution in [-0.4, -0.2) is 84.6 Å². The molecule has 3 N–H and O–H groups in total. The van der Waals surface area contributed by atoms with Crippen molar-refractivity contribution in [2.45, 2.75) is 76.7 Å². The van der Waals surface area contributed by atoms with Crippen LogP contribution in [0.1, 0.15) is 70.6 Å². The maximum absolute atomic E-state index is 13.5. The van der Waals surface area contributed by atoms with E-state index in [2.05, 4.69) is 10.7 Å². The van der Waals surface area contributed by atoms with Crippen LogP contribution in [0.25, 0.3) is 0 Å². The fraction of sp³-hybridized carbons (Fsp3) is 0.840. The van der Waals surface area contributed by atoms with Crippen molar-refractivity contribution in [2.75, 3.05) is 39.8 Å². The molecule has 0 aromatic heterocycles. The molecule has 2 saturated heterocycles. The highest BCUT2D eigenvalue weighted by molar-refractivity contribution is 5.97. The fourth-order valence-electron chi connectivity index (χ4n) is 5.51. The minimum atomic E-state index is -0.999. The number of nitrogens with zero attached hydrogens (tertiary/aromatic N) is 2. The van der Waals surface area contributed by atoms with Gasteiger partial charge in [-0.3, -0.25) is 19.2 Å². The van der Waals surface area contributed by atoms with Crippen molar-refractivity contribution in [1.82, 2.24) is 20.7 Å². The lowest BCUT2D eigenvalue weighted by atomic mass is 9.86. The largest absolute Gasteiger partial charge is 0.481 e. The second kappa shape index (κ2) is 13.9. The molecule has 3 fully saturated rings. The Morgan fingerprint density at radius 2 is 1.66 bits per heavy atom. The third-order valence-corrected chi connectivity index (χ3v) is 7.75. The van der Waals surface area contributed by atoms with Crippen LogP contribution >= 0.6 is 0 Å². The average molecular weight is 495 g/mol. The summed E-state index contributed by atoms with van der Waals surface area (Å²) in [5.41, 5.74) is 2.80. The first kappa shape index (κ1) is 27.5. The smallest absolute Gasteiger partial charge is 0.304 e. The van der Waals surface area contributed by atoms with E-state index in [1.807, 2.05) is 0 Å². The van der Waals surface area contributed by atoms with Crippen LogP contribution in [0.5, 0.6) is 0 Å². The van der Waals surface area contributed by atoms with Crippen LogP contribution in [0.2, 0.25) is 0 Å². The summed E-state index contributed by atoms with van der Waals surface area (Å²) in [6.45, 7) is 2.95. The van der Waals surface area contributed by atoms with Crippen LogP contribution < -0.4 is 10.7 Å². The van der Waals surface area contributed by atoms with Gasteiger partial charge in [0.25, 0.3) is 0 Å². The number of carboxylic acid groups (broad SMARTS) is 1. The summed E-state index contributed by atoms with van der Waals surface area (Å²) < 4.78 is 5.39. The number of methoxy groups -OCH3 is 1. The number of rotatable bonds is 10. The predicted octanol–water partition coefficient (Wildman–Crippen LogP) is 1.54. The summed E-state index contributed by atoms with van der Waals surface area (Å²) in [6, 6.07) is 0. The molecule has 0 aromatic carbocycles. The Morgan fingerprint density at radius 1 is 0.971 bits per heavy atom. The van der Waals surface area contributed by atoms with Crippen LogP contribution in [-0.2, 0) is 23.9 Å². The number of hydrogen-bond donors (Lipinski definition) is 3. The molecule has 10 heteroatoms. The van der Waals surface area contributed by atoms with E-state index in [1.165, 1.54) is 0 Å². The zero-order valence-corrected chi connectivity index (χ0v) is 21.0. The number of ether oxygens (including phenoxy) is 1. The number of amides is 3. The molecule has 0 spiro atoms. The van der Waals surface area contributed by atoms with E-state index in [1.54, 1.807) is 12.0 Å². The van der Waals surface area contributed by atoms with E-state index >= 15 is 0 Å². The molecule has 0 bridgehead atoms. The van der Waals surface area contributed by atoms with Crippen molar-refractivity contribution < 1.29 is 29.0 Å². The van der Waals surface area contributed by atoms with Gasteiger partial charge in [0.15, 0.2) is 0 Å². The van der Waals surface area contributed by atoms with Gasteiger partial charge in [-0.05, 0) is 76.8 Å². The zero-order valence-electron chi connectivity index (χ0n) is 21.0. The lowest BCUT2D eigenvalue weighted by molar-refractivity contribution is -0.157. The third-order valence-electron chi connectivity index (χ3n) is 7.75. The van der Waals surface area contributed by atoms with Gasteiger partial charge >= 0.3 is 5.97 Å². The molecule has 2 heterocycles. The van der Waals surface area contributed by atoms with Crippen molar-refractivity contribution in [2.24, 2.45) is 17.8 Å². The Balaban J connectivity index is 1.58. The first-order valence-corrected chi connectivity index (χ1v) is 13.2. The lowest BCUT2D eigenvalue weighted by Gasteiger charge is -2.36. The Labute approximate surface area is 208 Å². The highest BCUT2D eigenvalue weighted by Crippen LogP contribution is 2.28. The molecule has 0 radical (unpaired) electrons. The zero-order chi connectivity index (χ0) is 25.2. The van der Waals surface area contributed by atoms with Gasteiger partial charge < -0.3 is 20.1 Å². The lowest BCUT2D eigenvalue weighted by Crippen LogP contribution is -2.55. The number of hydrogen-bond acceptors (Lipinski definition) is 7. The van der Waals surface area contributed by atoms with E-state index in [0.29, 0.717) is 51.1 Å². The van der Waals surface area contributed by atoms with Gasteiger partial charge in [0.05, 0.1) is 18.4 Å². The number of carboxylic acids is 1. The first-order valence-electron chi connectivity index (χ1n) is 13.2. The van der Waals surface area contributed by atoms with Crippen molar-refractivity contribution in [3.63, 3.8) is 0 Å². The fourth-order valence-corrected chi connectivity index (χ4v) is 5.51. The molecule has 3 aliphatic rings. The molecule has 3 amide bonds. The van der Waals surface area contributed by atoms with E-state index in [4.69, 9.17) is 9.84 Å². The average Bonchev–Trinajstić information content (AvgIpc) is 2.89. The van der Waals surface area contributed by atoms with Crippen molar-refractivity contribution >= 4 is 23.7 Å². The number of likely N-dealkylation sites (tertiary alicyclic amines) is 1. The summed E-state index contributed by atoms with van der Waals surface area (Å²) in [7, 11) is 1.67. The molecule has 2 aliphatic heterocycles. The summed E-state index contributed by atoms with van der Waals surface area (Å²) in [6.07, 6.45) is 7.60. The van der Waals surface area contributed by atoms with Gasteiger partial charge in [0.2, 0.25) is 17.7 Å². The predicted molar refractivity (Wildman–Crippen MR) is 129 cm³/mol. The first-order chi connectivity index (χ1) is 16.9. The van der Waals surface area contributed by atoms with E-state index in [-0.39, 0.29) is 42.7 Å². The van der Waals surface area contributed by atoms with Crippen LogP contribution in [0.4, 0.5) is 0 Å². The summed E-state index contributed by atoms with van der Waals surface area (Å²) in [5, 5.41) is 13.4. The monoisotopic (exact) mass is 494 g/mol. The van der Waals surface area contributed by atoms with Crippen LogP contribution in [0.15, 0.2) is 0 Å². The number of hydrazine groups is 1. The standard InChI is InChI=1S/C25H42N4O6/c1-35-21-7-5-19(6-8-21)24(33)29(27-15-12-23(31)32)25(34)20-3-2-16-28(17-20)22(30)9-4-18-10-13-26-14-11-18/h18-21,26-27H,2-17H2,1H3,(H,31,32)/t19?,20-,21?/m1/s1. The molecule has 1 atom stereocenters. The number of piperidine rings is 2. The molecule has 198 valence electrons. The SMILES string of the molecule is COC1CCC(C(=O)N(NCCC(=O)O)C(=O)[C@@H]2CCCN(C(=O)CCC3CCNCC3)C2)CC1. The summed E-state index contributed by atoms with van der Waals surface area (Å²) >= 11 is 0. The quantitative estimate of drug-likeness (QED) is 0.308. The normalized spacial score (nSPS) is 25.7. The minimum Gasteiger partial charge on any atom is -0.481 e. The van der Waals surface area contributed by atoms with E-state index in [0.717, 1.165) is 50.2 Å². The molecule has 35 heavy (non-hydrogen) atoms. The third kappa shape index (κ3) is 8.25.